The van der Waals surface area contributed by atoms with Crippen molar-refractivity contribution in [1.29, 1.82) is 0 Å². The Labute approximate surface area is 153 Å². The van der Waals surface area contributed by atoms with Crippen molar-refractivity contribution in [3.63, 3.8) is 0 Å². The van der Waals surface area contributed by atoms with E-state index in [9.17, 15) is 12.8 Å². The van der Waals surface area contributed by atoms with Crippen molar-refractivity contribution < 1.29 is 12.8 Å². The van der Waals surface area contributed by atoms with Gasteiger partial charge in [0, 0.05) is 30.7 Å². The third kappa shape index (κ3) is 2.81. The highest BCUT2D eigenvalue weighted by atomic mass is 32.2. The number of hydrogen-bond donors (Lipinski definition) is 1. The Bertz CT molecular complexity index is 927. The molecule has 1 unspecified atom stereocenters. The Morgan fingerprint density at radius 1 is 1.12 bits per heavy atom. The summed E-state index contributed by atoms with van der Waals surface area (Å²) in [6.45, 7) is 3.15. The van der Waals surface area contributed by atoms with Crippen LogP contribution in [0.25, 0.3) is 0 Å². The van der Waals surface area contributed by atoms with Gasteiger partial charge in [0.15, 0.2) is 0 Å². The van der Waals surface area contributed by atoms with Gasteiger partial charge in [-0.3, -0.25) is 0 Å². The molecule has 0 bridgehead atoms. The Morgan fingerprint density at radius 2 is 1.81 bits per heavy atom. The van der Waals surface area contributed by atoms with E-state index in [4.69, 9.17) is 0 Å². The monoisotopic (exact) mass is 374 g/mol. The molecule has 0 spiro atoms. The van der Waals surface area contributed by atoms with Crippen molar-refractivity contribution in [2.75, 3.05) is 18.5 Å². The third-order valence-electron chi connectivity index (χ3n) is 5.72. The first-order valence-corrected chi connectivity index (χ1v) is 10.5. The maximum atomic E-state index is 13.2. The van der Waals surface area contributed by atoms with E-state index in [2.05, 4.69) is 24.2 Å². The molecule has 4 nitrogen and oxygen atoms in total. The highest BCUT2D eigenvalue weighted by molar-refractivity contribution is 7.91. The van der Waals surface area contributed by atoms with Crippen molar-refractivity contribution in [3.05, 3.63) is 53.8 Å². The van der Waals surface area contributed by atoms with Crippen LogP contribution in [-0.2, 0) is 9.84 Å². The molecule has 0 aromatic heterocycles. The molecule has 4 rings (SSSR count). The van der Waals surface area contributed by atoms with Crippen LogP contribution < -0.4 is 10.2 Å². The molecule has 1 saturated heterocycles. The molecule has 0 radical (unpaired) electrons. The number of sulfone groups is 1. The van der Waals surface area contributed by atoms with Crippen LogP contribution in [0.3, 0.4) is 0 Å². The van der Waals surface area contributed by atoms with E-state index in [1.165, 1.54) is 24.3 Å². The van der Waals surface area contributed by atoms with Crippen molar-refractivity contribution >= 4 is 15.5 Å². The van der Waals surface area contributed by atoms with Gasteiger partial charge in [0.05, 0.1) is 9.79 Å². The molecule has 2 heterocycles. The molecule has 2 aliphatic heterocycles. The molecule has 0 aliphatic carbocycles. The van der Waals surface area contributed by atoms with Crippen molar-refractivity contribution in [3.8, 4) is 0 Å². The standard InChI is InChI=1S/C20H23FN2O2S/c1-13-11-17-18-12-16(26(24,25)15-5-3-14(21)4-6-15)7-8-19(18)23(2)20(17)9-10-22-13/h3-8,12-13,17,20,22H,9-11H2,1-2H3/t13?,17-,20-/m1/s1. The van der Waals surface area contributed by atoms with Gasteiger partial charge in [-0.2, -0.15) is 0 Å². The highest BCUT2D eigenvalue weighted by Crippen LogP contribution is 2.45. The van der Waals surface area contributed by atoms with Gasteiger partial charge in [-0.05, 0) is 74.3 Å². The van der Waals surface area contributed by atoms with Crippen LogP contribution in [0.2, 0.25) is 0 Å². The van der Waals surface area contributed by atoms with Gasteiger partial charge in [0.2, 0.25) is 9.84 Å². The molecule has 6 heteroatoms. The molecule has 26 heavy (non-hydrogen) atoms. The average molecular weight is 374 g/mol. The molecular formula is C20H23FN2O2S. The van der Waals surface area contributed by atoms with Gasteiger partial charge in [-0.25, -0.2) is 12.8 Å². The first kappa shape index (κ1) is 17.5. The Hall–Kier alpha value is -1.92. The molecule has 0 saturated carbocycles. The van der Waals surface area contributed by atoms with Crippen LogP contribution in [0.4, 0.5) is 10.1 Å². The largest absolute Gasteiger partial charge is 0.371 e. The molecule has 138 valence electrons. The van der Waals surface area contributed by atoms with Crippen LogP contribution in [0, 0.1) is 5.82 Å². The maximum absolute atomic E-state index is 13.2. The number of anilines is 1. The zero-order valence-corrected chi connectivity index (χ0v) is 15.8. The number of rotatable bonds is 2. The summed E-state index contributed by atoms with van der Waals surface area (Å²) in [6, 6.07) is 11.2. The molecule has 1 N–H and O–H groups in total. The van der Waals surface area contributed by atoms with E-state index >= 15 is 0 Å². The number of likely N-dealkylation sites (N-methyl/N-ethyl adjacent to an activating group) is 1. The van der Waals surface area contributed by atoms with E-state index in [-0.39, 0.29) is 9.79 Å². The van der Waals surface area contributed by atoms with Gasteiger partial charge in [-0.15, -0.1) is 0 Å². The second-order valence-corrected chi connectivity index (χ2v) is 9.29. The van der Waals surface area contributed by atoms with Crippen molar-refractivity contribution in [1.82, 2.24) is 5.32 Å². The minimum Gasteiger partial charge on any atom is -0.371 e. The summed E-state index contributed by atoms with van der Waals surface area (Å²) < 4.78 is 39.1. The number of benzene rings is 2. The van der Waals surface area contributed by atoms with Crippen LogP contribution in [0.15, 0.2) is 52.3 Å². The third-order valence-corrected chi connectivity index (χ3v) is 7.48. The number of halogens is 1. The Kier molecular flexibility index (Phi) is 4.28. The summed E-state index contributed by atoms with van der Waals surface area (Å²) in [4.78, 5) is 2.69. The van der Waals surface area contributed by atoms with E-state index in [0.717, 1.165) is 30.6 Å². The Morgan fingerprint density at radius 3 is 2.54 bits per heavy atom. The molecule has 1 fully saturated rings. The minimum absolute atomic E-state index is 0.123. The average Bonchev–Trinajstić information content (AvgIpc) is 2.76. The summed E-state index contributed by atoms with van der Waals surface area (Å²) in [5.41, 5.74) is 2.23. The van der Waals surface area contributed by atoms with E-state index < -0.39 is 15.7 Å². The SMILES string of the molecule is CC1C[C@@H]2c3cc(S(=O)(=O)c4ccc(F)cc4)ccc3N(C)[C@@H]2CCN1. The minimum atomic E-state index is -3.66. The van der Waals surface area contributed by atoms with E-state index in [1.807, 2.05) is 12.1 Å². The fraction of sp³-hybridized carbons (Fsp3) is 0.400. The number of nitrogens with one attached hydrogen (secondary N) is 1. The van der Waals surface area contributed by atoms with Crippen LogP contribution in [0.5, 0.6) is 0 Å². The zero-order valence-electron chi connectivity index (χ0n) is 14.9. The predicted octanol–water partition coefficient (Wildman–Crippen LogP) is 3.33. The fourth-order valence-corrected chi connectivity index (χ4v) is 5.64. The van der Waals surface area contributed by atoms with Gasteiger partial charge in [-0.1, -0.05) is 0 Å². The normalized spacial score (nSPS) is 25.5. The lowest BCUT2D eigenvalue weighted by atomic mass is 9.89. The summed E-state index contributed by atoms with van der Waals surface area (Å²) >= 11 is 0. The lowest BCUT2D eigenvalue weighted by molar-refractivity contribution is 0.496. The summed E-state index contributed by atoms with van der Waals surface area (Å²) in [5.74, 6) is -0.120. The quantitative estimate of drug-likeness (QED) is 0.819. The smallest absolute Gasteiger partial charge is 0.206 e. The van der Waals surface area contributed by atoms with Crippen LogP contribution >= 0.6 is 0 Å². The lowest BCUT2D eigenvalue weighted by Crippen LogP contribution is -2.31. The van der Waals surface area contributed by atoms with Crippen LogP contribution in [-0.4, -0.2) is 34.1 Å². The molecular weight excluding hydrogens is 351 g/mol. The van der Waals surface area contributed by atoms with Gasteiger partial charge >= 0.3 is 0 Å². The fourth-order valence-electron chi connectivity index (χ4n) is 4.34. The second-order valence-electron chi connectivity index (χ2n) is 7.34. The number of fused-ring (bicyclic) bond motifs is 3. The molecule has 2 aliphatic rings. The van der Waals surface area contributed by atoms with Crippen LogP contribution in [0.1, 0.15) is 31.2 Å². The summed E-state index contributed by atoms with van der Waals surface area (Å²) in [6.07, 6.45) is 2.03. The summed E-state index contributed by atoms with van der Waals surface area (Å²) in [5, 5.41) is 3.52. The van der Waals surface area contributed by atoms with E-state index in [0.29, 0.717) is 18.0 Å². The molecule has 2 aromatic carbocycles. The molecule has 3 atom stereocenters. The van der Waals surface area contributed by atoms with Gasteiger partial charge < -0.3 is 10.2 Å². The molecule has 2 aromatic rings. The second kappa shape index (κ2) is 6.35. The lowest BCUT2D eigenvalue weighted by Gasteiger charge is -2.25. The molecule has 0 amide bonds. The van der Waals surface area contributed by atoms with Gasteiger partial charge in [0.1, 0.15) is 5.82 Å². The Balaban J connectivity index is 1.77. The van der Waals surface area contributed by atoms with Crippen molar-refractivity contribution in [2.45, 2.75) is 47.6 Å². The predicted molar refractivity (Wildman–Crippen MR) is 99.9 cm³/mol. The highest BCUT2D eigenvalue weighted by Gasteiger charge is 2.39. The number of nitrogens with zero attached hydrogens (tertiary/aromatic N) is 1. The zero-order chi connectivity index (χ0) is 18.5. The van der Waals surface area contributed by atoms with Crippen molar-refractivity contribution in [2.24, 2.45) is 0 Å². The van der Waals surface area contributed by atoms with E-state index in [1.54, 1.807) is 6.07 Å². The maximum Gasteiger partial charge on any atom is 0.206 e. The number of hydrogen-bond acceptors (Lipinski definition) is 4. The first-order valence-electron chi connectivity index (χ1n) is 8.99. The first-order chi connectivity index (χ1) is 12.4. The topological polar surface area (TPSA) is 49.4 Å². The van der Waals surface area contributed by atoms with Gasteiger partial charge in [0.25, 0.3) is 0 Å². The summed E-state index contributed by atoms with van der Waals surface area (Å²) in [7, 11) is -1.57.